The van der Waals surface area contributed by atoms with Gasteiger partial charge in [-0.3, -0.25) is 0 Å². The second kappa shape index (κ2) is 12.8. The standard InChI is InChI=1S/C46H32N2SSi/c1-5-16-33(17-6-1)42-32-43(34-18-7-2-8-19-34)48-46(47-42)35-20-15-25-38(30-35)50(36-21-9-3-10-22-36,37-23-11-4-12-24-37)39-28-29-45-41(31-39)40-26-13-14-27-44(40)49-45/h1-32H. The van der Waals surface area contributed by atoms with Gasteiger partial charge in [-0.2, -0.15) is 0 Å². The van der Waals surface area contributed by atoms with E-state index in [4.69, 9.17) is 9.97 Å². The summed E-state index contributed by atoms with van der Waals surface area (Å²) in [6.45, 7) is 0. The summed E-state index contributed by atoms with van der Waals surface area (Å²) in [6.07, 6.45) is 0. The van der Waals surface area contributed by atoms with Crippen molar-refractivity contribution in [3.8, 4) is 33.9 Å². The molecule has 9 aromatic rings. The van der Waals surface area contributed by atoms with E-state index in [0.717, 1.165) is 33.9 Å². The van der Waals surface area contributed by atoms with Gasteiger partial charge in [-0.05, 0) is 38.9 Å². The van der Waals surface area contributed by atoms with E-state index in [1.165, 1.54) is 40.9 Å². The van der Waals surface area contributed by atoms with Gasteiger partial charge < -0.3 is 0 Å². The maximum Gasteiger partial charge on any atom is 0.179 e. The first kappa shape index (κ1) is 30.1. The number of thiophene rings is 1. The predicted octanol–water partition coefficient (Wildman–Crippen LogP) is 9.22. The second-order valence-electron chi connectivity index (χ2n) is 12.6. The Morgan fingerprint density at radius 3 is 1.44 bits per heavy atom. The Labute approximate surface area is 297 Å². The lowest BCUT2D eigenvalue weighted by Gasteiger charge is -2.34. The van der Waals surface area contributed by atoms with Gasteiger partial charge in [-0.25, -0.2) is 9.97 Å². The van der Waals surface area contributed by atoms with Crippen molar-refractivity contribution in [2.45, 2.75) is 0 Å². The number of benzene rings is 7. The Kier molecular flexibility index (Phi) is 7.73. The van der Waals surface area contributed by atoms with Gasteiger partial charge in [0.15, 0.2) is 13.9 Å². The van der Waals surface area contributed by atoms with Crippen LogP contribution in [-0.2, 0) is 0 Å². The van der Waals surface area contributed by atoms with E-state index in [0.29, 0.717) is 0 Å². The maximum absolute atomic E-state index is 5.21. The fourth-order valence-corrected chi connectivity index (χ4v) is 13.2. The molecule has 0 radical (unpaired) electrons. The summed E-state index contributed by atoms with van der Waals surface area (Å²) in [6, 6.07) is 70.2. The Morgan fingerprint density at radius 1 is 0.340 bits per heavy atom. The van der Waals surface area contributed by atoms with Crippen LogP contribution in [0.25, 0.3) is 54.1 Å². The first-order chi connectivity index (χ1) is 24.8. The Balaban J connectivity index is 1.32. The average molecular weight is 673 g/mol. The zero-order chi connectivity index (χ0) is 33.3. The van der Waals surface area contributed by atoms with Crippen LogP contribution >= 0.6 is 11.3 Å². The highest BCUT2D eigenvalue weighted by Gasteiger charge is 2.42. The zero-order valence-electron chi connectivity index (χ0n) is 27.3. The monoisotopic (exact) mass is 672 g/mol. The highest BCUT2D eigenvalue weighted by atomic mass is 32.1. The summed E-state index contributed by atoms with van der Waals surface area (Å²) in [5.41, 5.74) is 4.95. The summed E-state index contributed by atoms with van der Waals surface area (Å²) in [7, 11) is -2.85. The van der Waals surface area contributed by atoms with Gasteiger partial charge in [0.25, 0.3) is 0 Å². The lowest BCUT2D eigenvalue weighted by Crippen LogP contribution is -2.74. The molecule has 0 amide bonds. The van der Waals surface area contributed by atoms with Crippen LogP contribution in [0.15, 0.2) is 194 Å². The first-order valence-corrected chi connectivity index (χ1v) is 19.7. The molecular formula is C46H32N2SSi. The van der Waals surface area contributed by atoms with Crippen molar-refractivity contribution in [2.24, 2.45) is 0 Å². The van der Waals surface area contributed by atoms with E-state index in [2.05, 4.69) is 182 Å². The van der Waals surface area contributed by atoms with E-state index >= 15 is 0 Å². The minimum absolute atomic E-state index is 0.718. The van der Waals surface area contributed by atoms with Crippen LogP contribution in [0.5, 0.6) is 0 Å². The zero-order valence-corrected chi connectivity index (χ0v) is 29.1. The molecule has 50 heavy (non-hydrogen) atoms. The molecule has 0 fully saturated rings. The third-order valence-electron chi connectivity index (χ3n) is 9.64. The summed E-state index contributed by atoms with van der Waals surface area (Å²) in [5.74, 6) is 0.718. The van der Waals surface area contributed by atoms with Crippen molar-refractivity contribution in [3.05, 3.63) is 194 Å². The Morgan fingerprint density at radius 2 is 0.820 bits per heavy atom. The van der Waals surface area contributed by atoms with Crippen LogP contribution in [-0.4, -0.2) is 18.0 Å². The van der Waals surface area contributed by atoms with Crippen LogP contribution in [0.2, 0.25) is 0 Å². The van der Waals surface area contributed by atoms with Gasteiger partial charge in [0.2, 0.25) is 0 Å². The normalized spacial score (nSPS) is 11.6. The van der Waals surface area contributed by atoms with Gasteiger partial charge in [-0.1, -0.05) is 176 Å². The number of aromatic nitrogens is 2. The minimum Gasteiger partial charge on any atom is -0.228 e. The van der Waals surface area contributed by atoms with Crippen molar-refractivity contribution < 1.29 is 0 Å². The number of rotatable bonds is 7. The fourth-order valence-electron chi connectivity index (χ4n) is 7.32. The second-order valence-corrected chi connectivity index (χ2v) is 17.5. The molecular weight excluding hydrogens is 641 g/mol. The van der Waals surface area contributed by atoms with E-state index in [1.54, 1.807) is 0 Å². The third kappa shape index (κ3) is 5.26. The summed E-state index contributed by atoms with van der Waals surface area (Å²) in [4.78, 5) is 10.4. The van der Waals surface area contributed by atoms with Crippen LogP contribution in [0.3, 0.4) is 0 Å². The van der Waals surface area contributed by atoms with Crippen LogP contribution in [0.1, 0.15) is 0 Å². The summed E-state index contributed by atoms with van der Waals surface area (Å²) < 4.78 is 2.63. The Hall–Kier alpha value is -5.94. The number of hydrogen-bond acceptors (Lipinski definition) is 3. The highest BCUT2D eigenvalue weighted by Crippen LogP contribution is 2.33. The molecule has 2 nitrogen and oxygen atoms in total. The molecule has 0 aliphatic rings. The molecule has 2 heterocycles. The van der Waals surface area contributed by atoms with E-state index in [9.17, 15) is 0 Å². The van der Waals surface area contributed by atoms with E-state index in [1.807, 2.05) is 23.5 Å². The first-order valence-electron chi connectivity index (χ1n) is 16.9. The minimum atomic E-state index is -2.85. The lowest BCUT2D eigenvalue weighted by molar-refractivity contribution is 1.18. The van der Waals surface area contributed by atoms with Crippen molar-refractivity contribution in [1.82, 2.24) is 9.97 Å². The quantitative estimate of drug-likeness (QED) is 0.125. The van der Waals surface area contributed by atoms with Gasteiger partial charge in [0, 0.05) is 36.9 Å². The van der Waals surface area contributed by atoms with Crippen molar-refractivity contribution >= 4 is 60.3 Å². The smallest absolute Gasteiger partial charge is 0.179 e. The molecule has 4 heteroatoms. The molecule has 0 unspecified atom stereocenters. The fraction of sp³-hybridized carbons (Fsp3) is 0. The topological polar surface area (TPSA) is 25.8 Å². The lowest BCUT2D eigenvalue weighted by atomic mass is 10.1. The molecule has 0 bridgehead atoms. The van der Waals surface area contributed by atoms with Crippen LogP contribution in [0.4, 0.5) is 0 Å². The number of fused-ring (bicyclic) bond motifs is 3. The van der Waals surface area contributed by atoms with Gasteiger partial charge >= 0.3 is 0 Å². The molecule has 2 aromatic heterocycles. The molecule has 0 aliphatic carbocycles. The van der Waals surface area contributed by atoms with Gasteiger partial charge in [0.1, 0.15) is 0 Å². The summed E-state index contributed by atoms with van der Waals surface area (Å²) in [5, 5.41) is 7.95. The van der Waals surface area contributed by atoms with Crippen molar-refractivity contribution in [1.29, 1.82) is 0 Å². The molecule has 0 spiro atoms. The van der Waals surface area contributed by atoms with E-state index < -0.39 is 8.07 Å². The molecule has 236 valence electrons. The molecule has 0 saturated heterocycles. The van der Waals surface area contributed by atoms with Crippen molar-refractivity contribution in [3.63, 3.8) is 0 Å². The van der Waals surface area contributed by atoms with Crippen molar-refractivity contribution in [2.75, 3.05) is 0 Å². The highest BCUT2D eigenvalue weighted by molar-refractivity contribution is 7.26. The summed E-state index contributed by atoms with van der Waals surface area (Å²) >= 11 is 1.87. The Bertz CT molecular complexity index is 2490. The molecule has 0 aliphatic heterocycles. The van der Waals surface area contributed by atoms with Gasteiger partial charge in [0.05, 0.1) is 11.4 Å². The maximum atomic E-state index is 5.21. The molecule has 0 N–H and O–H groups in total. The van der Waals surface area contributed by atoms with Crippen LogP contribution in [0, 0.1) is 0 Å². The third-order valence-corrected chi connectivity index (χ3v) is 15.5. The van der Waals surface area contributed by atoms with Crippen LogP contribution < -0.4 is 20.7 Å². The molecule has 9 rings (SSSR count). The average Bonchev–Trinajstić information content (AvgIpc) is 3.58. The molecule has 0 atom stereocenters. The SMILES string of the molecule is c1ccc(-c2cc(-c3ccccc3)nc(-c3cccc([Si](c4ccccc4)(c4ccccc4)c4ccc5sc6ccccc6c5c4)c3)n2)cc1. The largest absolute Gasteiger partial charge is 0.228 e. The molecule has 7 aromatic carbocycles. The predicted molar refractivity (Wildman–Crippen MR) is 215 cm³/mol. The number of hydrogen-bond donors (Lipinski definition) is 0. The molecule has 0 saturated carbocycles. The van der Waals surface area contributed by atoms with E-state index in [-0.39, 0.29) is 0 Å². The number of nitrogens with zero attached hydrogens (tertiary/aromatic N) is 2. The van der Waals surface area contributed by atoms with Gasteiger partial charge in [-0.15, -0.1) is 11.3 Å².